The van der Waals surface area contributed by atoms with Gasteiger partial charge in [0.2, 0.25) is 5.91 Å². The summed E-state index contributed by atoms with van der Waals surface area (Å²) < 4.78 is 0. The van der Waals surface area contributed by atoms with E-state index in [9.17, 15) is 14.7 Å². The van der Waals surface area contributed by atoms with Crippen LogP contribution in [0.3, 0.4) is 0 Å². The number of phenols is 1. The minimum atomic E-state index is -0.709. The van der Waals surface area contributed by atoms with E-state index in [2.05, 4.69) is 17.4 Å². The zero-order valence-electron chi connectivity index (χ0n) is 23.9. The Bertz CT molecular complexity index is 1440. The van der Waals surface area contributed by atoms with Crippen LogP contribution in [0, 0.1) is 0 Å². The molecule has 218 valence electrons. The van der Waals surface area contributed by atoms with Crippen molar-refractivity contribution in [1.82, 2.24) is 10.2 Å². The molecule has 0 unspecified atom stereocenters. The predicted molar refractivity (Wildman–Crippen MR) is 168 cm³/mol. The van der Waals surface area contributed by atoms with Gasteiger partial charge in [0.25, 0.3) is 5.91 Å². The molecule has 0 aliphatic rings. The Hall–Kier alpha value is -4.46. The molecule has 7 nitrogen and oxygen atoms in total. The number of rotatable bonds is 14. The fourth-order valence-electron chi connectivity index (χ4n) is 5.02. The van der Waals surface area contributed by atoms with Crippen molar-refractivity contribution < 1.29 is 14.7 Å². The molecule has 1 atom stereocenters. The number of benzene rings is 4. The molecule has 4 rings (SSSR count). The number of nitrogens with two attached hydrogens (primary N) is 2. The summed E-state index contributed by atoms with van der Waals surface area (Å²) in [6.07, 6.45) is 3.12. The Morgan fingerprint density at radius 2 is 1.52 bits per heavy atom. The third-order valence-corrected chi connectivity index (χ3v) is 7.22. The van der Waals surface area contributed by atoms with Crippen LogP contribution in [0.5, 0.6) is 5.75 Å². The highest BCUT2D eigenvalue weighted by Gasteiger charge is 2.22. The lowest BCUT2D eigenvalue weighted by atomic mass is 9.97. The topological polar surface area (TPSA) is 122 Å². The summed E-state index contributed by atoms with van der Waals surface area (Å²) in [6.45, 7) is 1.76. The number of carbonyl (C=O) groups excluding carboxylic acids is 2. The lowest BCUT2D eigenvalue weighted by molar-refractivity contribution is -0.133. The van der Waals surface area contributed by atoms with Gasteiger partial charge < -0.3 is 26.8 Å². The monoisotopic (exact) mass is 564 g/mol. The molecule has 0 aliphatic carbocycles. The van der Waals surface area contributed by atoms with Crippen molar-refractivity contribution in [3.8, 4) is 16.9 Å². The molecule has 7 heteroatoms. The van der Waals surface area contributed by atoms with Crippen molar-refractivity contribution in [2.75, 3.05) is 19.6 Å². The first-order chi connectivity index (χ1) is 20.4. The largest absolute Gasteiger partial charge is 0.508 e. The Morgan fingerprint density at radius 3 is 2.29 bits per heavy atom. The molecule has 0 aliphatic heterocycles. The molecule has 0 bridgehead atoms. The number of aromatic hydroxyl groups is 1. The fourth-order valence-corrected chi connectivity index (χ4v) is 5.02. The number of carbonyl (C=O) groups is 2. The molecular formula is C35H40N4O3. The average molecular weight is 565 g/mol. The third-order valence-electron chi connectivity index (χ3n) is 7.22. The highest BCUT2D eigenvalue weighted by Crippen LogP contribution is 2.25. The first kappa shape index (κ1) is 30.5. The maximum absolute atomic E-state index is 13.7. The molecule has 0 saturated heterocycles. The summed E-state index contributed by atoms with van der Waals surface area (Å²) in [5, 5.41) is 12.5. The maximum atomic E-state index is 13.7. The predicted octanol–water partition coefficient (Wildman–Crippen LogP) is 4.67. The Kier molecular flexibility index (Phi) is 11.3. The van der Waals surface area contributed by atoms with E-state index in [1.807, 2.05) is 65.6 Å². The van der Waals surface area contributed by atoms with Gasteiger partial charge in [-0.1, -0.05) is 78.9 Å². The van der Waals surface area contributed by atoms with Crippen LogP contribution in [0.25, 0.3) is 11.1 Å². The first-order valence-electron chi connectivity index (χ1n) is 14.5. The van der Waals surface area contributed by atoms with E-state index >= 15 is 0 Å². The Morgan fingerprint density at radius 1 is 0.810 bits per heavy atom. The number of amides is 2. The first-order valence-corrected chi connectivity index (χ1v) is 14.5. The van der Waals surface area contributed by atoms with Crippen molar-refractivity contribution >= 4 is 11.8 Å². The molecule has 42 heavy (non-hydrogen) atoms. The van der Waals surface area contributed by atoms with Crippen LogP contribution >= 0.6 is 0 Å². The summed E-state index contributed by atoms with van der Waals surface area (Å²) >= 11 is 0. The van der Waals surface area contributed by atoms with E-state index in [0.717, 1.165) is 41.5 Å². The van der Waals surface area contributed by atoms with Gasteiger partial charge in [0.05, 0.1) is 6.04 Å². The quantitative estimate of drug-likeness (QED) is 0.166. The second-order valence-corrected chi connectivity index (χ2v) is 10.5. The summed E-state index contributed by atoms with van der Waals surface area (Å²) in [5.74, 6) is -0.108. The molecule has 4 aromatic rings. The minimum Gasteiger partial charge on any atom is -0.508 e. The molecular weight excluding hydrogens is 524 g/mol. The number of hydrogen-bond acceptors (Lipinski definition) is 5. The number of nitrogens with one attached hydrogen (secondary N) is 1. The second kappa shape index (κ2) is 15.5. The van der Waals surface area contributed by atoms with Gasteiger partial charge in [-0.15, -0.1) is 0 Å². The third kappa shape index (κ3) is 8.77. The summed E-state index contributed by atoms with van der Waals surface area (Å²) in [5.41, 5.74) is 17.4. The van der Waals surface area contributed by atoms with E-state index in [4.69, 9.17) is 11.5 Å². The normalized spacial score (nSPS) is 11.6. The number of aryl methyl sites for hydroxylation is 1. The van der Waals surface area contributed by atoms with Crippen molar-refractivity contribution in [1.29, 1.82) is 0 Å². The number of phenolic OH excluding ortho intramolecular Hbond substituents is 1. The van der Waals surface area contributed by atoms with E-state index in [1.54, 1.807) is 30.3 Å². The molecule has 0 saturated carbocycles. The number of hydrogen-bond donors (Lipinski definition) is 4. The number of nitrogens with zero attached hydrogens (tertiary/aromatic N) is 1. The van der Waals surface area contributed by atoms with E-state index < -0.39 is 6.04 Å². The lowest BCUT2D eigenvalue weighted by Gasteiger charge is -2.26. The SMILES string of the molecule is NCCNC(=O)c1ccccc1-c1cccc(CN(CCCCc2ccccc2)C(=O)[C@@H](N)Cc2ccc(O)cc2)c1. The van der Waals surface area contributed by atoms with Crippen molar-refractivity contribution in [2.24, 2.45) is 11.5 Å². The molecule has 2 amide bonds. The highest BCUT2D eigenvalue weighted by atomic mass is 16.3. The molecule has 6 N–H and O–H groups in total. The van der Waals surface area contributed by atoms with Crippen LogP contribution in [-0.2, 0) is 24.2 Å². The Labute approximate surface area is 248 Å². The second-order valence-electron chi connectivity index (χ2n) is 10.5. The van der Waals surface area contributed by atoms with E-state index in [-0.39, 0.29) is 17.6 Å². The van der Waals surface area contributed by atoms with Gasteiger partial charge in [0.15, 0.2) is 0 Å². The zero-order valence-corrected chi connectivity index (χ0v) is 23.9. The molecule has 0 aromatic heterocycles. The smallest absolute Gasteiger partial charge is 0.251 e. The van der Waals surface area contributed by atoms with Gasteiger partial charge in [-0.3, -0.25) is 9.59 Å². The fraction of sp³-hybridized carbons (Fsp3) is 0.257. The minimum absolute atomic E-state index is 0.116. The van der Waals surface area contributed by atoms with Crippen molar-refractivity contribution in [2.45, 2.75) is 38.3 Å². The molecule has 4 aromatic carbocycles. The molecule has 0 radical (unpaired) electrons. The number of unbranched alkanes of at least 4 members (excludes halogenated alkanes) is 1. The van der Waals surface area contributed by atoms with Gasteiger partial charge in [0, 0.05) is 31.7 Å². The Balaban J connectivity index is 1.51. The van der Waals surface area contributed by atoms with Gasteiger partial charge in [-0.25, -0.2) is 0 Å². The molecule has 0 fully saturated rings. The highest BCUT2D eigenvalue weighted by molar-refractivity contribution is 6.00. The van der Waals surface area contributed by atoms with Crippen LogP contribution in [0.4, 0.5) is 0 Å². The van der Waals surface area contributed by atoms with Crippen LogP contribution in [0.2, 0.25) is 0 Å². The van der Waals surface area contributed by atoms with Gasteiger partial charge in [0.1, 0.15) is 5.75 Å². The molecule has 0 heterocycles. The standard InChI is InChI=1S/C35H40N4O3/c36-20-21-38-34(41)32-15-5-4-14-31(32)29-13-8-12-28(23-29)25-39(22-7-6-11-26-9-2-1-3-10-26)35(42)33(37)24-27-16-18-30(40)19-17-27/h1-5,8-10,12-19,23,33,40H,6-7,11,20-22,24-25,36-37H2,(H,38,41)/t33-/m0/s1. The van der Waals surface area contributed by atoms with Gasteiger partial charge in [-0.2, -0.15) is 0 Å². The zero-order chi connectivity index (χ0) is 29.7. The molecule has 0 spiro atoms. The maximum Gasteiger partial charge on any atom is 0.251 e. The van der Waals surface area contributed by atoms with Gasteiger partial charge >= 0.3 is 0 Å². The van der Waals surface area contributed by atoms with Crippen LogP contribution in [0.15, 0.2) is 103 Å². The van der Waals surface area contributed by atoms with E-state index in [1.165, 1.54) is 5.56 Å². The van der Waals surface area contributed by atoms with Crippen LogP contribution in [-0.4, -0.2) is 47.5 Å². The van der Waals surface area contributed by atoms with Gasteiger partial charge in [-0.05, 0) is 77.8 Å². The summed E-state index contributed by atoms with van der Waals surface area (Å²) in [4.78, 5) is 28.3. The van der Waals surface area contributed by atoms with Crippen LogP contribution < -0.4 is 16.8 Å². The summed E-state index contributed by atoms with van der Waals surface area (Å²) in [7, 11) is 0. The van der Waals surface area contributed by atoms with E-state index in [0.29, 0.717) is 38.2 Å². The van der Waals surface area contributed by atoms with Crippen molar-refractivity contribution in [3.63, 3.8) is 0 Å². The average Bonchev–Trinajstić information content (AvgIpc) is 3.02. The summed E-state index contributed by atoms with van der Waals surface area (Å²) in [6, 6.07) is 31.9. The van der Waals surface area contributed by atoms with Crippen LogP contribution in [0.1, 0.15) is 39.9 Å². The van der Waals surface area contributed by atoms with Crippen molar-refractivity contribution in [3.05, 3.63) is 125 Å². The lowest BCUT2D eigenvalue weighted by Crippen LogP contribution is -2.45.